The first kappa shape index (κ1) is 22.9. The second-order valence-corrected chi connectivity index (χ2v) is 9.64. The number of para-hydroxylation sites is 1. The van der Waals surface area contributed by atoms with Gasteiger partial charge in [-0.15, -0.1) is 5.10 Å². The SMILES string of the molecule is CC(C)(C)NC(=O)[C@@H](c1ccccc1F)N(C(=O)Cn1nnc2ccccc21)C1CCCC1. The number of nitrogens with zero attached hydrogens (tertiary/aromatic N) is 4. The Morgan fingerprint density at radius 3 is 2.48 bits per heavy atom. The minimum Gasteiger partial charge on any atom is -0.349 e. The topological polar surface area (TPSA) is 80.1 Å². The van der Waals surface area contributed by atoms with Crippen LogP contribution >= 0.6 is 0 Å². The lowest BCUT2D eigenvalue weighted by Gasteiger charge is -2.37. The van der Waals surface area contributed by atoms with Crippen molar-refractivity contribution in [3.05, 3.63) is 59.9 Å². The van der Waals surface area contributed by atoms with Crippen LogP contribution in [0.3, 0.4) is 0 Å². The Labute approximate surface area is 193 Å². The van der Waals surface area contributed by atoms with Crippen LogP contribution in [-0.2, 0) is 16.1 Å². The van der Waals surface area contributed by atoms with Crippen molar-refractivity contribution in [3.8, 4) is 0 Å². The molecular formula is C25H30FN5O2. The average Bonchev–Trinajstić information content (AvgIpc) is 3.42. The van der Waals surface area contributed by atoms with Gasteiger partial charge in [-0.2, -0.15) is 0 Å². The summed E-state index contributed by atoms with van der Waals surface area (Å²) in [6.45, 7) is 5.52. The molecule has 1 atom stereocenters. The van der Waals surface area contributed by atoms with Crippen molar-refractivity contribution in [3.63, 3.8) is 0 Å². The van der Waals surface area contributed by atoms with Gasteiger partial charge in [-0.1, -0.05) is 48.4 Å². The molecule has 0 spiro atoms. The van der Waals surface area contributed by atoms with Gasteiger partial charge in [0.1, 0.15) is 23.9 Å². The van der Waals surface area contributed by atoms with E-state index in [4.69, 9.17) is 0 Å². The molecule has 0 aliphatic heterocycles. The summed E-state index contributed by atoms with van der Waals surface area (Å²) in [5, 5.41) is 11.2. The van der Waals surface area contributed by atoms with Gasteiger partial charge in [-0.3, -0.25) is 9.59 Å². The monoisotopic (exact) mass is 451 g/mol. The molecule has 1 saturated carbocycles. The predicted molar refractivity (Wildman–Crippen MR) is 124 cm³/mol. The number of halogens is 1. The first-order valence-corrected chi connectivity index (χ1v) is 11.4. The predicted octanol–water partition coefficient (Wildman–Crippen LogP) is 4.00. The smallest absolute Gasteiger partial charge is 0.247 e. The van der Waals surface area contributed by atoms with Gasteiger partial charge in [-0.25, -0.2) is 9.07 Å². The van der Waals surface area contributed by atoms with E-state index >= 15 is 0 Å². The average molecular weight is 452 g/mol. The van der Waals surface area contributed by atoms with Crippen LogP contribution in [0, 0.1) is 5.82 Å². The summed E-state index contributed by atoms with van der Waals surface area (Å²) in [7, 11) is 0. The fourth-order valence-electron chi connectivity index (χ4n) is 4.54. The van der Waals surface area contributed by atoms with Crippen molar-refractivity contribution in [2.75, 3.05) is 0 Å². The number of hydrogen-bond donors (Lipinski definition) is 1. The van der Waals surface area contributed by atoms with Crippen LogP contribution in [0.4, 0.5) is 4.39 Å². The second-order valence-electron chi connectivity index (χ2n) is 9.64. The van der Waals surface area contributed by atoms with Crippen molar-refractivity contribution in [1.82, 2.24) is 25.2 Å². The van der Waals surface area contributed by atoms with Crippen LogP contribution < -0.4 is 5.32 Å². The Balaban J connectivity index is 1.75. The summed E-state index contributed by atoms with van der Waals surface area (Å²) in [5.74, 6) is -1.18. The summed E-state index contributed by atoms with van der Waals surface area (Å²) in [5.41, 5.74) is 1.09. The Morgan fingerprint density at radius 1 is 1.12 bits per heavy atom. The van der Waals surface area contributed by atoms with Gasteiger partial charge in [0.2, 0.25) is 11.8 Å². The number of fused-ring (bicyclic) bond motifs is 1. The molecule has 3 aromatic rings. The third kappa shape index (κ3) is 5.05. The first-order chi connectivity index (χ1) is 15.7. The van der Waals surface area contributed by atoms with Crippen LogP contribution in [0.15, 0.2) is 48.5 Å². The highest BCUT2D eigenvalue weighted by molar-refractivity contribution is 5.90. The lowest BCUT2D eigenvalue weighted by molar-refractivity contribution is -0.145. The standard InChI is InChI=1S/C25H30FN5O2/c1-25(2,3)27-24(33)23(18-12-6-7-13-19(18)26)31(17-10-4-5-11-17)22(32)16-30-21-15-9-8-14-20(21)28-29-30/h6-9,12-15,17,23H,4-5,10-11,16H2,1-3H3,(H,27,33)/t23-/m1/s1. The number of amides is 2. The minimum absolute atomic E-state index is 0.0786. The van der Waals surface area contributed by atoms with Crippen LogP contribution in [0.2, 0.25) is 0 Å². The van der Waals surface area contributed by atoms with E-state index in [-0.39, 0.29) is 24.1 Å². The molecule has 1 fully saturated rings. The molecule has 1 aromatic heterocycles. The number of carbonyl (C=O) groups excluding carboxylic acids is 2. The highest BCUT2D eigenvalue weighted by atomic mass is 19.1. The van der Waals surface area contributed by atoms with Gasteiger partial charge >= 0.3 is 0 Å². The molecule has 8 heteroatoms. The van der Waals surface area contributed by atoms with Gasteiger partial charge < -0.3 is 10.2 Å². The van der Waals surface area contributed by atoms with Gasteiger partial charge in [0.15, 0.2) is 0 Å². The Morgan fingerprint density at radius 2 is 1.79 bits per heavy atom. The number of hydrogen-bond acceptors (Lipinski definition) is 4. The number of rotatable bonds is 6. The summed E-state index contributed by atoms with van der Waals surface area (Å²) < 4.78 is 16.5. The zero-order valence-corrected chi connectivity index (χ0v) is 19.3. The van der Waals surface area contributed by atoms with E-state index in [0.29, 0.717) is 5.52 Å². The van der Waals surface area contributed by atoms with E-state index in [9.17, 15) is 14.0 Å². The molecule has 4 rings (SSSR count). The normalized spacial score (nSPS) is 15.5. The minimum atomic E-state index is -1.07. The van der Waals surface area contributed by atoms with Gasteiger partial charge in [0, 0.05) is 17.1 Å². The van der Waals surface area contributed by atoms with Gasteiger partial charge in [0.05, 0.1) is 5.52 Å². The van der Waals surface area contributed by atoms with Crippen molar-refractivity contribution < 1.29 is 14.0 Å². The summed E-state index contributed by atoms with van der Waals surface area (Å²) in [4.78, 5) is 28.9. The van der Waals surface area contributed by atoms with Crippen molar-refractivity contribution in [2.24, 2.45) is 0 Å². The molecule has 33 heavy (non-hydrogen) atoms. The zero-order valence-electron chi connectivity index (χ0n) is 19.3. The molecular weight excluding hydrogens is 421 g/mol. The highest BCUT2D eigenvalue weighted by Crippen LogP contribution is 2.33. The third-order valence-electron chi connectivity index (χ3n) is 5.94. The number of aromatic nitrogens is 3. The highest BCUT2D eigenvalue weighted by Gasteiger charge is 2.39. The fraction of sp³-hybridized carbons (Fsp3) is 0.440. The van der Waals surface area contributed by atoms with E-state index < -0.39 is 23.3 Å². The van der Waals surface area contributed by atoms with E-state index in [1.807, 2.05) is 45.0 Å². The van der Waals surface area contributed by atoms with Crippen LogP contribution in [0.1, 0.15) is 58.1 Å². The molecule has 0 unspecified atom stereocenters. The Hall–Kier alpha value is -3.29. The number of carbonyl (C=O) groups is 2. The molecule has 7 nitrogen and oxygen atoms in total. The molecule has 2 amide bonds. The summed E-state index contributed by atoms with van der Waals surface area (Å²) in [6.07, 6.45) is 3.48. The fourth-order valence-corrected chi connectivity index (χ4v) is 4.54. The largest absolute Gasteiger partial charge is 0.349 e. The van der Waals surface area contributed by atoms with Crippen molar-refractivity contribution in [2.45, 2.75) is 70.6 Å². The molecule has 2 aromatic carbocycles. The van der Waals surface area contributed by atoms with Crippen LogP contribution in [0.25, 0.3) is 11.0 Å². The Kier molecular flexibility index (Phi) is 6.44. The van der Waals surface area contributed by atoms with Crippen LogP contribution in [0.5, 0.6) is 0 Å². The van der Waals surface area contributed by atoms with E-state index in [1.54, 1.807) is 27.8 Å². The molecule has 1 aliphatic carbocycles. The third-order valence-corrected chi connectivity index (χ3v) is 5.94. The summed E-state index contributed by atoms with van der Waals surface area (Å²) in [6, 6.07) is 12.4. The maximum atomic E-state index is 15.0. The molecule has 1 heterocycles. The molecule has 0 bridgehead atoms. The van der Waals surface area contributed by atoms with E-state index in [2.05, 4.69) is 15.6 Å². The lowest BCUT2D eigenvalue weighted by atomic mass is 9.98. The number of benzene rings is 2. The lowest BCUT2D eigenvalue weighted by Crippen LogP contribution is -2.52. The maximum absolute atomic E-state index is 15.0. The second kappa shape index (κ2) is 9.29. The van der Waals surface area contributed by atoms with Gasteiger partial charge in [0.25, 0.3) is 0 Å². The molecule has 0 saturated heterocycles. The summed E-state index contributed by atoms with van der Waals surface area (Å²) >= 11 is 0. The molecule has 174 valence electrons. The Bertz CT molecular complexity index is 1150. The van der Waals surface area contributed by atoms with Crippen LogP contribution in [-0.4, -0.2) is 43.3 Å². The quantitative estimate of drug-likeness (QED) is 0.614. The first-order valence-electron chi connectivity index (χ1n) is 11.4. The number of nitrogens with one attached hydrogen (secondary N) is 1. The zero-order chi connectivity index (χ0) is 23.6. The molecule has 1 N–H and O–H groups in total. The molecule has 0 radical (unpaired) electrons. The maximum Gasteiger partial charge on any atom is 0.247 e. The van der Waals surface area contributed by atoms with Crippen molar-refractivity contribution in [1.29, 1.82) is 0 Å². The molecule has 1 aliphatic rings. The van der Waals surface area contributed by atoms with Crippen molar-refractivity contribution >= 4 is 22.8 Å². The van der Waals surface area contributed by atoms with E-state index in [1.165, 1.54) is 6.07 Å². The van der Waals surface area contributed by atoms with E-state index in [0.717, 1.165) is 31.2 Å². The van der Waals surface area contributed by atoms with Gasteiger partial charge in [-0.05, 0) is 51.8 Å².